The molecule has 0 amide bonds. The molecule has 70 valence electrons. The van der Waals surface area contributed by atoms with Crippen LogP contribution >= 0.6 is 0 Å². The molecule has 0 heterocycles. The summed E-state index contributed by atoms with van der Waals surface area (Å²) in [6, 6.07) is 0. The average molecular weight is 170 g/mol. The first-order valence-corrected chi connectivity index (χ1v) is 4.45. The molecule has 0 aromatic carbocycles. The van der Waals surface area contributed by atoms with Gasteiger partial charge in [-0.25, -0.2) is 0 Å². The average Bonchev–Trinajstić information content (AvgIpc) is 1.83. The lowest BCUT2D eigenvalue weighted by Gasteiger charge is -2.33. The summed E-state index contributed by atoms with van der Waals surface area (Å²) >= 11 is 0. The Bertz CT molecular complexity index is 187. The highest BCUT2D eigenvalue weighted by atomic mass is 16.3. The van der Waals surface area contributed by atoms with E-state index in [1.54, 1.807) is 13.0 Å². The van der Waals surface area contributed by atoms with Gasteiger partial charge in [0, 0.05) is 5.92 Å². The molecule has 1 rings (SSSR count). The molecule has 0 aromatic rings. The van der Waals surface area contributed by atoms with Crippen molar-refractivity contribution in [2.24, 2.45) is 5.92 Å². The Morgan fingerprint density at radius 3 is 2.42 bits per heavy atom. The summed E-state index contributed by atoms with van der Waals surface area (Å²) in [6.45, 7) is 5.41. The Morgan fingerprint density at radius 2 is 2.08 bits per heavy atom. The van der Waals surface area contributed by atoms with Crippen LogP contribution in [-0.2, 0) is 0 Å². The normalized spacial score (nSPS) is 36.9. The van der Waals surface area contributed by atoms with Crippen molar-refractivity contribution < 1.29 is 10.2 Å². The van der Waals surface area contributed by atoms with Gasteiger partial charge in [-0.3, -0.25) is 0 Å². The topological polar surface area (TPSA) is 40.5 Å². The van der Waals surface area contributed by atoms with E-state index in [-0.39, 0.29) is 5.92 Å². The zero-order valence-corrected chi connectivity index (χ0v) is 8.04. The number of hydrogen-bond acceptors (Lipinski definition) is 2. The highest BCUT2D eigenvalue weighted by Crippen LogP contribution is 2.31. The molecule has 0 saturated carbocycles. The summed E-state index contributed by atoms with van der Waals surface area (Å²) in [5, 5.41) is 19.3. The lowest BCUT2D eigenvalue weighted by atomic mass is 9.79. The fourth-order valence-electron chi connectivity index (χ4n) is 1.54. The predicted molar refractivity (Wildman–Crippen MR) is 48.8 cm³/mol. The Hall–Kier alpha value is -0.340. The number of aliphatic hydroxyl groups is 2. The maximum atomic E-state index is 9.68. The Morgan fingerprint density at radius 1 is 1.50 bits per heavy atom. The molecule has 2 heteroatoms. The Labute approximate surface area is 73.9 Å². The van der Waals surface area contributed by atoms with Gasteiger partial charge in [0.2, 0.25) is 0 Å². The fraction of sp³-hybridized carbons (Fsp3) is 0.800. The molecule has 2 nitrogen and oxygen atoms in total. The summed E-state index contributed by atoms with van der Waals surface area (Å²) in [5.74, 6) is 0.178. The van der Waals surface area contributed by atoms with Gasteiger partial charge in [-0.2, -0.15) is 0 Å². The Balaban J connectivity index is 2.67. The lowest BCUT2D eigenvalue weighted by molar-refractivity contribution is 0.0114. The standard InChI is InChI=1S/C10H18O2/c1-9(2,11)8-4-6-10(3,12)7-5-8/h4,6,8,11-12H,5,7H2,1-3H3/t8-,10+/m1/s1. The molecule has 0 bridgehead atoms. The number of hydrogen-bond donors (Lipinski definition) is 2. The summed E-state index contributed by atoms with van der Waals surface area (Å²) in [5.41, 5.74) is -1.32. The summed E-state index contributed by atoms with van der Waals surface area (Å²) < 4.78 is 0. The summed E-state index contributed by atoms with van der Waals surface area (Å²) in [7, 11) is 0. The van der Waals surface area contributed by atoms with Crippen molar-refractivity contribution in [2.45, 2.75) is 44.8 Å². The van der Waals surface area contributed by atoms with Gasteiger partial charge in [-0.15, -0.1) is 0 Å². The maximum Gasteiger partial charge on any atom is 0.0800 e. The second-order valence-electron chi connectivity index (χ2n) is 4.52. The predicted octanol–water partition coefficient (Wildman–Crippen LogP) is 1.47. The van der Waals surface area contributed by atoms with Gasteiger partial charge in [0.15, 0.2) is 0 Å². The quantitative estimate of drug-likeness (QED) is 0.585. The van der Waals surface area contributed by atoms with Crippen LogP contribution in [0.15, 0.2) is 12.2 Å². The lowest BCUT2D eigenvalue weighted by Crippen LogP contribution is -2.35. The van der Waals surface area contributed by atoms with E-state index >= 15 is 0 Å². The molecule has 0 fully saturated rings. The minimum Gasteiger partial charge on any atom is -0.390 e. The van der Waals surface area contributed by atoms with Crippen LogP contribution in [0, 0.1) is 5.92 Å². The molecule has 12 heavy (non-hydrogen) atoms. The molecule has 0 saturated heterocycles. The van der Waals surface area contributed by atoms with E-state index < -0.39 is 11.2 Å². The molecule has 1 aliphatic carbocycles. The molecule has 0 aromatic heterocycles. The molecule has 0 unspecified atom stereocenters. The molecule has 0 radical (unpaired) electrons. The monoisotopic (exact) mass is 170 g/mol. The van der Waals surface area contributed by atoms with Crippen molar-refractivity contribution in [3.8, 4) is 0 Å². The smallest absolute Gasteiger partial charge is 0.0800 e. The van der Waals surface area contributed by atoms with Crippen LogP contribution < -0.4 is 0 Å². The minimum absolute atomic E-state index is 0.178. The zero-order valence-electron chi connectivity index (χ0n) is 8.04. The van der Waals surface area contributed by atoms with Crippen LogP contribution in [-0.4, -0.2) is 21.4 Å². The van der Waals surface area contributed by atoms with Crippen LogP contribution in [0.5, 0.6) is 0 Å². The van der Waals surface area contributed by atoms with Crippen molar-refractivity contribution in [1.82, 2.24) is 0 Å². The fourth-order valence-corrected chi connectivity index (χ4v) is 1.54. The second-order valence-corrected chi connectivity index (χ2v) is 4.52. The third-order valence-corrected chi connectivity index (χ3v) is 2.56. The van der Waals surface area contributed by atoms with E-state index in [1.807, 2.05) is 19.9 Å². The SMILES string of the molecule is CC(C)(O)[C@@H]1C=C[C@](C)(O)CC1. The molecular formula is C10H18O2. The van der Waals surface area contributed by atoms with Gasteiger partial charge in [0.1, 0.15) is 0 Å². The Kier molecular flexibility index (Phi) is 2.32. The van der Waals surface area contributed by atoms with Gasteiger partial charge >= 0.3 is 0 Å². The molecule has 0 aliphatic heterocycles. The van der Waals surface area contributed by atoms with E-state index in [4.69, 9.17) is 0 Å². The molecular weight excluding hydrogens is 152 g/mol. The zero-order chi connectivity index (χ0) is 9.41. The molecule has 0 spiro atoms. The minimum atomic E-state index is -0.665. The third kappa shape index (κ3) is 2.32. The summed E-state index contributed by atoms with van der Waals surface area (Å²) in [6.07, 6.45) is 5.30. The van der Waals surface area contributed by atoms with E-state index in [9.17, 15) is 10.2 Å². The first-order valence-electron chi connectivity index (χ1n) is 4.45. The number of rotatable bonds is 1. The van der Waals surface area contributed by atoms with Gasteiger partial charge in [-0.1, -0.05) is 12.2 Å². The van der Waals surface area contributed by atoms with Crippen molar-refractivity contribution in [1.29, 1.82) is 0 Å². The molecule has 2 N–H and O–H groups in total. The highest BCUT2D eigenvalue weighted by molar-refractivity contribution is 5.08. The van der Waals surface area contributed by atoms with Crippen molar-refractivity contribution >= 4 is 0 Å². The maximum absolute atomic E-state index is 9.68. The molecule has 1 aliphatic rings. The largest absolute Gasteiger partial charge is 0.390 e. The van der Waals surface area contributed by atoms with Crippen LogP contribution in [0.25, 0.3) is 0 Å². The van der Waals surface area contributed by atoms with E-state index in [1.165, 1.54) is 0 Å². The van der Waals surface area contributed by atoms with Gasteiger partial charge in [0.25, 0.3) is 0 Å². The first kappa shape index (κ1) is 9.75. The van der Waals surface area contributed by atoms with Gasteiger partial charge in [-0.05, 0) is 33.6 Å². The van der Waals surface area contributed by atoms with Crippen molar-refractivity contribution in [3.05, 3.63) is 12.2 Å². The van der Waals surface area contributed by atoms with Crippen LogP contribution in [0.4, 0.5) is 0 Å². The highest BCUT2D eigenvalue weighted by Gasteiger charge is 2.31. The van der Waals surface area contributed by atoms with E-state index in [0.29, 0.717) is 0 Å². The van der Waals surface area contributed by atoms with Gasteiger partial charge in [0.05, 0.1) is 11.2 Å². The van der Waals surface area contributed by atoms with E-state index in [0.717, 1.165) is 12.8 Å². The first-order chi connectivity index (χ1) is 5.31. The summed E-state index contributed by atoms with van der Waals surface area (Å²) in [4.78, 5) is 0. The van der Waals surface area contributed by atoms with Crippen LogP contribution in [0.3, 0.4) is 0 Å². The van der Waals surface area contributed by atoms with Gasteiger partial charge < -0.3 is 10.2 Å². The van der Waals surface area contributed by atoms with Crippen LogP contribution in [0.1, 0.15) is 33.6 Å². The third-order valence-electron chi connectivity index (χ3n) is 2.56. The van der Waals surface area contributed by atoms with Crippen LogP contribution in [0.2, 0.25) is 0 Å². The molecule has 2 atom stereocenters. The second kappa shape index (κ2) is 2.86. The van der Waals surface area contributed by atoms with E-state index in [2.05, 4.69) is 0 Å². The van der Waals surface area contributed by atoms with Crippen molar-refractivity contribution in [2.75, 3.05) is 0 Å². The van der Waals surface area contributed by atoms with Crippen molar-refractivity contribution in [3.63, 3.8) is 0 Å².